The monoisotopic (exact) mass is 344 g/mol. The largest absolute Gasteiger partial charge is 0.397 e. The van der Waals surface area contributed by atoms with Gasteiger partial charge in [-0.2, -0.15) is 5.10 Å². The van der Waals surface area contributed by atoms with Gasteiger partial charge < -0.3 is 17.2 Å². The molecule has 0 saturated heterocycles. The van der Waals surface area contributed by atoms with E-state index in [1.807, 2.05) is 60.7 Å². The predicted molar refractivity (Wildman–Crippen MR) is 102 cm³/mol. The van der Waals surface area contributed by atoms with Gasteiger partial charge in [0.25, 0.3) is 5.91 Å². The van der Waals surface area contributed by atoms with Crippen molar-refractivity contribution in [1.82, 2.24) is 14.8 Å². The van der Waals surface area contributed by atoms with Crippen molar-refractivity contribution in [2.24, 2.45) is 5.73 Å². The molecule has 0 bridgehead atoms. The lowest BCUT2D eigenvalue weighted by molar-refractivity contribution is 0.100. The molecule has 7 nitrogen and oxygen atoms in total. The number of pyridine rings is 1. The summed E-state index contributed by atoms with van der Waals surface area (Å²) < 4.78 is 1.66. The van der Waals surface area contributed by atoms with Crippen LogP contribution in [0.3, 0.4) is 0 Å². The number of nitrogens with zero attached hydrogens (tertiary/aromatic N) is 3. The molecule has 4 aromatic rings. The summed E-state index contributed by atoms with van der Waals surface area (Å²) in [6.45, 7) is 0. The Morgan fingerprint density at radius 3 is 2.15 bits per heavy atom. The van der Waals surface area contributed by atoms with E-state index in [1.54, 1.807) is 4.68 Å². The van der Waals surface area contributed by atoms with Gasteiger partial charge in [-0.25, -0.2) is 9.67 Å². The molecule has 0 radical (unpaired) electrons. The minimum absolute atomic E-state index is 0.0146. The summed E-state index contributed by atoms with van der Waals surface area (Å²) >= 11 is 0. The first-order valence-electron chi connectivity index (χ1n) is 7.96. The molecule has 0 saturated carbocycles. The first-order valence-corrected chi connectivity index (χ1v) is 7.96. The number of hydrogen-bond donors (Lipinski definition) is 3. The number of anilines is 2. The van der Waals surface area contributed by atoms with Crippen LogP contribution in [-0.4, -0.2) is 20.7 Å². The van der Waals surface area contributed by atoms with E-state index in [2.05, 4.69) is 4.98 Å². The fourth-order valence-corrected chi connectivity index (χ4v) is 3.00. The maximum Gasteiger partial charge on any atom is 0.254 e. The van der Waals surface area contributed by atoms with Crippen molar-refractivity contribution in [3.05, 3.63) is 66.2 Å². The predicted octanol–water partition coefficient (Wildman–Crippen LogP) is 2.35. The third-order valence-electron chi connectivity index (χ3n) is 4.18. The van der Waals surface area contributed by atoms with Crippen molar-refractivity contribution in [2.45, 2.75) is 0 Å². The highest BCUT2D eigenvalue weighted by atomic mass is 16.1. The molecular formula is C19H16N6O. The molecule has 0 atom stereocenters. The van der Waals surface area contributed by atoms with E-state index in [1.165, 1.54) is 0 Å². The van der Waals surface area contributed by atoms with E-state index in [0.29, 0.717) is 16.7 Å². The molecule has 1 amide bonds. The normalized spacial score (nSPS) is 10.9. The summed E-state index contributed by atoms with van der Waals surface area (Å²) in [4.78, 5) is 16.2. The number of aromatic nitrogens is 3. The molecule has 0 aliphatic carbocycles. The lowest BCUT2D eigenvalue weighted by atomic mass is 10.1. The van der Waals surface area contributed by atoms with Crippen molar-refractivity contribution in [3.63, 3.8) is 0 Å². The Morgan fingerprint density at radius 1 is 0.923 bits per heavy atom. The highest BCUT2D eigenvalue weighted by Gasteiger charge is 2.23. The number of carbonyl (C=O) groups is 1. The zero-order valence-electron chi connectivity index (χ0n) is 13.8. The minimum Gasteiger partial charge on any atom is -0.397 e. The SMILES string of the molecule is NC(=O)c1c(N)nc2c(c(-c3ccccc3)nn2-c2ccccc2)c1N. The maximum absolute atomic E-state index is 11.8. The van der Waals surface area contributed by atoms with Crippen LogP contribution in [0.25, 0.3) is 28.0 Å². The van der Waals surface area contributed by atoms with Crippen LogP contribution in [0, 0.1) is 0 Å². The summed E-state index contributed by atoms with van der Waals surface area (Å²) in [7, 11) is 0. The van der Waals surface area contributed by atoms with Crippen molar-refractivity contribution >= 4 is 28.4 Å². The summed E-state index contributed by atoms with van der Waals surface area (Å²) in [5.41, 5.74) is 20.6. The Morgan fingerprint density at radius 2 is 1.54 bits per heavy atom. The van der Waals surface area contributed by atoms with Crippen LogP contribution in [0.1, 0.15) is 10.4 Å². The van der Waals surface area contributed by atoms with Crippen molar-refractivity contribution < 1.29 is 4.79 Å². The second kappa shape index (κ2) is 5.89. The number of nitrogen functional groups attached to an aromatic ring is 2. The molecule has 2 aromatic heterocycles. The van der Waals surface area contributed by atoms with E-state index < -0.39 is 5.91 Å². The summed E-state index contributed by atoms with van der Waals surface area (Å²) in [6, 6.07) is 19.0. The molecule has 0 spiro atoms. The van der Waals surface area contributed by atoms with E-state index >= 15 is 0 Å². The van der Waals surface area contributed by atoms with Gasteiger partial charge in [-0.1, -0.05) is 48.5 Å². The van der Waals surface area contributed by atoms with Gasteiger partial charge in [0, 0.05) is 5.56 Å². The van der Waals surface area contributed by atoms with Crippen LogP contribution in [0.5, 0.6) is 0 Å². The number of fused-ring (bicyclic) bond motifs is 1. The first kappa shape index (κ1) is 15.6. The number of para-hydroxylation sites is 1. The lowest BCUT2D eigenvalue weighted by Crippen LogP contribution is -2.17. The van der Waals surface area contributed by atoms with Crippen molar-refractivity contribution in [2.75, 3.05) is 11.5 Å². The zero-order chi connectivity index (χ0) is 18.3. The second-order valence-corrected chi connectivity index (χ2v) is 5.81. The summed E-state index contributed by atoms with van der Waals surface area (Å²) in [5, 5.41) is 5.24. The zero-order valence-corrected chi connectivity index (χ0v) is 13.8. The standard InChI is InChI=1S/C19H16N6O/c20-15-13-16(11-7-3-1-4-8-11)24-25(12-9-5-2-6-10-12)19(13)23-17(21)14(15)18(22)26/h1-10H,(H2,22,26)(H4,20,21,23). The van der Waals surface area contributed by atoms with Gasteiger partial charge in [0.15, 0.2) is 5.65 Å². The number of carbonyl (C=O) groups excluding carboxylic acids is 1. The van der Waals surface area contributed by atoms with Gasteiger partial charge in [0.1, 0.15) is 17.1 Å². The molecule has 6 N–H and O–H groups in total. The first-order chi connectivity index (χ1) is 12.6. The van der Waals surface area contributed by atoms with Crippen LogP contribution in [0.4, 0.5) is 11.5 Å². The smallest absolute Gasteiger partial charge is 0.254 e. The van der Waals surface area contributed by atoms with E-state index in [-0.39, 0.29) is 17.1 Å². The van der Waals surface area contributed by atoms with Crippen LogP contribution in [0.15, 0.2) is 60.7 Å². The minimum atomic E-state index is -0.721. The third kappa shape index (κ3) is 2.34. The van der Waals surface area contributed by atoms with Gasteiger partial charge in [-0.05, 0) is 12.1 Å². The second-order valence-electron chi connectivity index (χ2n) is 5.81. The van der Waals surface area contributed by atoms with E-state index in [4.69, 9.17) is 22.3 Å². The maximum atomic E-state index is 11.8. The molecule has 0 fully saturated rings. The number of nitrogens with two attached hydrogens (primary N) is 3. The van der Waals surface area contributed by atoms with Gasteiger partial charge in [-0.3, -0.25) is 4.79 Å². The fraction of sp³-hybridized carbons (Fsp3) is 0. The number of amides is 1. The van der Waals surface area contributed by atoms with Crippen molar-refractivity contribution in [1.29, 1.82) is 0 Å². The highest BCUT2D eigenvalue weighted by Crippen LogP contribution is 2.36. The molecule has 2 aromatic carbocycles. The van der Waals surface area contributed by atoms with Crippen LogP contribution < -0.4 is 17.2 Å². The van der Waals surface area contributed by atoms with Crippen LogP contribution in [-0.2, 0) is 0 Å². The quantitative estimate of drug-likeness (QED) is 0.526. The Hall–Kier alpha value is -3.87. The molecule has 7 heteroatoms. The Kier molecular flexibility index (Phi) is 3.54. The summed E-state index contributed by atoms with van der Waals surface area (Å²) in [6.07, 6.45) is 0. The highest BCUT2D eigenvalue weighted by molar-refractivity contribution is 6.12. The molecule has 0 aliphatic heterocycles. The Bertz CT molecular complexity index is 1120. The average Bonchev–Trinajstić information content (AvgIpc) is 3.02. The molecule has 4 rings (SSSR count). The number of primary amides is 1. The van der Waals surface area contributed by atoms with Crippen molar-refractivity contribution in [3.8, 4) is 16.9 Å². The van der Waals surface area contributed by atoms with Gasteiger partial charge in [0.2, 0.25) is 0 Å². The Labute approximate surface area is 149 Å². The van der Waals surface area contributed by atoms with Gasteiger partial charge >= 0.3 is 0 Å². The van der Waals surface area contributed by atoms with Gasteiger partial charge in [0.05, 0.1) is 16.8 Å². The van der Waals surface area contributed by atoms with Gasteiger partial charge in [-0.15, -0.1) is 0 Å². The number of benzene rings is 2. The average molecular weight is 344 g/mol. The molecule has 0 unspecified atom stereocenters. The molecule has 26 heavy (non-hydrogen) atoms. The summed E-state index contributed by atoms with van der Waals surface area (Å²) in [5.74, 6) is -0.736. The molecular weight excluding hydrogens is 328 g/mol. The topological polar surface area (TPSA) is 126 Å². The molecule has 128 valence electrons. The third-order valence-corrected chi connectivity index (χ3v) is 4.18. The number of hydrogen-bond acceptors (Lipinski definition) is 5. The fourth-order valence-electron chi connectivity index (χ4n) is 3.00. The lowest BCUT2D eigenvalue weighted by Gasteiger charge is -2.08. The van der Waals surface area contributed by atoms with E-state index in [9.17, 15) is 4.79 Å². The molecule has 2 heterocycles. The Balaban J connectivity index is 2.14. The van der Waals surface area contributed by atoms with Crippen LogP contribution in [0.2, 0.25) is 0 Å². The van der Waals surface area contributed by atoms with Crippen LogP contribution >= 0.6 is 0 Å². The molecule has 0 aliphatic rings. The van der Waals surface area contributed by atoms with E-state index in [0.717, 1.165) is 11.3 Å². The number of rotatable bonds is 3.